The second kappa shape index (κ2) is 10.0. The van der Waals surface area contributed by atoms with Gasteiger partial charge in [0.05, 0.1) is 6.54 Å². The number of carbonyl (C=O) groups excluding carboxylic acids is 1. The third kappa shape index (κ3) is 6.28. The van der Waals surface area contributed by atoms with Crippen molar-refractivity contribution in [3.05, 3.63) is 59.4 Å². The highest BCUT2D eigenvalue weighted by molar-refractivity contribution is 5.76. The average molecular weight is 412 g/mol. The fraction of sp³-hybridized carbons (Fsp3) is 0.500. The molecule has 1 aliphatic heterocycles. The largest absolute Gasteiger partial charge is 0.491 e. The molecule has 0 aliphatic carbocycles. The number of β-amino-alcohol motifs (C(OH)–C–C–N with tert-alkyl or cyclic N) is 1. The maximum absolute atomic E-state index is 12.7. The fourth-order valence-corrected chi connectivity index (χ4v) is 3.79. The van der Waals surface area contributed by atoms with Gasteiger partial charge in [-0.05, 0) is 68.6 Å². The predicted molar refractivity (Wildman–Crippen MR) is 117 cm³/mol. The van der Waals surface area contributed by atoms with Gasteiger partial charge in [-0.15, -0.1) is 0 Å². The number of nitrogens with zero attached hydrogens (tertiary/aromatic N) is 3. The first-order valence-electron chi connectivity index (χ1n) is 10.6. The molecule has 1 saturated heterocycles. The lowest BCUT2D eigenvalue weighted by Gasteiger charge is -2.39. The topological polar surface area (TPSA) is 65.9 Å². The van der Waals surface area contributed by atoms with Gasteiger partial charge in [-0.2, -0.15) is 0 Å². The zero-order valence-corrected chi connectivity index (χ0v) is 18.3. The van der Waals surface area contributed by atoms with Crippen molar-refractivity contribution in [1.29, 1.82) is 0 Å². The maximum atomic E-state index is 12.7. The molecule has 162 valence electrons. The number of piperidine rings is 1. The Labute approximate surface area is 179 Å². The second-order valence-electron chi connectivity index (χ2n) is 8.53. The van der Waals surface area contributed by atoms with Crippen molar-refractivity contribution >= 4 is 5.91 Å². The van der Waals surface area contributed by atoms with Crippen LogP contribution in [-0.2, 0) is 11.3 Å². The van der Waals surface area contributed by atoms with Gasteiger partial charge in [-0.3, -0.25) is 9.78 Å². The first-order chi connectivity index (χ1) is 14.3. The highest BCUT2D eigenvalue weighted by Crippen LogP contribution is 2.24. The molecule has 3 rings (SSSR count). The van der Waals surface area contributed by atoms with E-state index in [1.54, 1.807) is 11.1 Å². The molecule has 1 amide bonds. The summed E-state index contributed by atoms with van der Waals surface area (Å²) in [5.74, 6) is 0.837. The van der Waals surface area contributed by atoms with Crippen LogP contribution in [0.25, 0.3) is 0 Å². The van der Waals surface area contributed by atoms with Gasteiger partial charge >= 0.3 is 0 Å². The van der Waals surface area contributed by atoms with E-state index in [1.807, 2.05) is 50.5 Å². The number of aliphatic hydroxyl groups is 1. The van der Waals surface area contributed by atoms with Crippen molar-refractivity contribution in [3.8, 4) is 5.75 Å². The maximum Gasteiger partial charge on any atom is 0.223 e. The highest BCUT2D eigenvalue weighted by Gasteiger charge is 2.36. The summed E-state index contributed by atoms with van der Waals surface area (Å²) in [5.41, 5.74) is 2.50. The number of amides is 1. The van der Waals surface area contributed by atoms with Crippen molar-refractivity contribution in [2.45, 2.75) is 45.3 Å². The van der Waals surface area contributed by atoms with Crippen LogP contribution in [0.5, 0.6) is 5.75 Å². The van der Waals surface area contributed by atoms with Gasteiger partial charge in [0.2, 0.25) is 5.91 Å². The molecule has 1 unspecified atom stereocenters. The molecule has 2 heterocycles. The molecule has 0 saturated carbocycles. The lowest BCUT2D eigenvalue weighted by atomic mass is 9.93. The molecule has 1 N–H and O–H groups in total. The molecule has 30 heavy (non-hydrogen) atoms. The summed E-state index contributed by atoms with van der Waals surface area (Å²) in [6.45, 7) is 6.74. The second-order valence-corrected chi connectivity index (χ2v) is 8.53. The Balaban J connectivity index is 1.47. The Morgan fingerprint density at radius 2 is 2.13 bits per heavy atom. The molecule has 0 spiro atoms. The Bertz CT molecular complexity index is 843. The number of likely N-dealkylation sites (tertiary alicyclic amines) is 1. The van der Waals surface area contributed by atoms with Gasteiger partial charge in [0.25, 0.3) is 0 Å². The van der Waals surface area contributed by atoms with Crippen LogP contribution in [0.1, 0.15) is 36.0 Å². The molecule has 1 aliphatic rings. The minimum atomic E-state index is -1.01. The number of rotatable bonds is 8. The van der Waals surface area contributed by atoms with Crippen LogP contribution >= 0.6 is 0 Å². The first kappa shape index (κ1) is 22.2. The van der Waals surface area contributed by atoms with Crippen molar-refractivity contribution in [3.63, 3.8) is 0 Å². The van der Waals surface area contributed by atoms with Crippen LogP contribution in [0.4, 0.5) is 0 Å². The van der Waals surface area contributed by atoms with Crippen LogP contribution < -0.4 is 4.74 Å². The van der Waals surface area contributed by atoms with Crippen LogP contribution in [-0.4, -0.2) is 64.7 Å². The molecule has 1 atom stereocenters. The number of carbonyl (C=O) groups is 1. The molecule has 0 bridgehead atoms. The molecule has 1 aromatic carbocycles. The van der Waals surface area contributed by atoms with Gasteiger partial charge < -0.3 is 19.6 Å². The molecule has 6 heteroatoms. The number of benzene rings is 1. The highest BCUT2D eigenvalue weighted by atomic mass is 16.5. The summed E-state index contributed by atoms with van der Waals surface area (Å²) in [6.07, 6.45) is 5.46. The summed E-state index contributed by atoms with van der Waals surface area (Å²) in [5, 5.41) is 11.0. The van der Waals surface area contributed by atoms with Crippen molar-refractivity contribution in [2.75, 3.05) is 33.3 Å². The van der Waals surface area contributed by atoms with Crippen LogP contribution in [0, 0.1) is 13.8 Å². The van der Waals surface area contributed by atoms with Gasteiger partial charge in [-0.25, -0.2) is 0 Å². The SMILES string of the molecule is Cc1ccc(OCC2(O)CCCN(C(=O)CCN(C)Cc3cccnc3)C2)cc1C. The standard InChI is InChI=1S/C24H33N3O3/c1-19-7-8-22(14-20(19)2)30-18-24(29)10-5-12-27(17-24)23(28)9-13-26(3)16-21-6-4-11-25-15-21/h4,6-8,11,14-15,29H,5,9-10,12-13,16-18H2,1-3H3. The van der Waals surface area contributed by atoms with Crippen molar-refractivity contribution in [2.24, 2.45) is 0 Å². The third-order valence-electron chi connectivity index (χ3n) is 5.78. The summed E-state index contributed by atoms with van der Waals surface area (Å²) < 4.78 is 5.87. The molecular formula is C24H33N3O3. The molecule has 0 radical (unpaired) electrons. The van der Waals surface area contributed by atoms with Gasteiger partial charge in [0.15, 0.2) is 0 Å². The Morgan fingerprint density at radius 3 is 2.87 bits per heavy atom. The van der Waals surface area contributed by atoms with E-state index in [9.17, 15) is 9.90 Å². The lowest BCUT2D eigenvalue weighted by molar-refractivity contribution is -0.140. The van der Waals surface area contributed by atoms with Crippen LogP contribution in [0.2, 0.25) is 0 Å². The van der Waals surface area contributed by atoms with E-state index < -0.39 is 5.60 Å². The smallest absolute Gasteiger partial charge is 0.223 e. The Kier molecular flexibility index (Phi) is 7.45. The lowest BCUT2D eigenvalue weighted by Crippen LogP contribution is -2.53. The number of ether oxygens (including phenoxy) is 1. The average Bonchev–Trinajstić information content (AvgIpc) is 2.74. The van der Waals surface area contributed by atoms with Gasteiger partial charge in [-0.1, -0.05) is 12.1 Å². The van der Waals surface area contributed by atoms with Gasteiger partial charge in [0, 0.05) is 38.4 Å². The van der Waals surface area contributed by atoms with Gasteiger partial charge in [0.1, 0.15) is 18.0 Å². The van der Waals surface area contributed by atoms with Crippen molar-refractivity contribution in [1.82, 2.24) is 14.8 Å². The number of aromatic nitrogens is 1. The molecule has 1 aromatic heterocycles. The fourth-order valence-electron chi connectivity index (χ4n) is 3.79. The van der Waals surface area contributed by atoms with E-state index in [1.165, 1.54) is 5.56 Å². The van der Waals surface area contributed by atoms with E-state index in [0.717, 1.165) is 29.8 Å². The van der Waals surface area contributed by atoms with Crippen LogP contribution in [0.15, 0.2) is 42.7 Å². The molecule has 2 aromatic rings. The van der Waals surface area contributed by atoms with Crippen molar-refractivity contribution < 1.29 is 14.6 Å². The summed E-state index contributed by atoms with van der Waals surface area (Å²) >= 11 is 0. The molecular weight excluding hydrogens is 378 g/mol. The monoisotopic (exact) mass is 411 g/mol. The summed E-state index contributed by atoms with van der Waals surface area (Å²) in [7, 11) is 2.00. The third-order valence-corrected chi connectivity index (χ3v) is 5.78. The Hall–Kier alpha value is -2.44. The zero-order valence-electron chi connectivity index (χ0n) is 18.3. The van der Waals surface area contributed by atoms with E-state index in [0.29, 0.717) is 32.5 Å². The Morgan fingerprint density at radius 1 is 1.30 bits per heavy atom. The molecule has 6 nitrogen and oxygen atoms in total. The minimum Gasteiger partial charge on any atom is -0.491 e. The number of aryl methyl sites for hydroxylation is 2. The molecule has 1 fully saturated rings. The normalized spacial score (nSPS) is 19.2. The number of hydrogen-bond acceptors (Lipinski definition) is 5. The van der Waals surface area contributed by atoms with E-state index in [-0.39, 0.29) is 12.5 Å². The van der Waals surface area contributed by atoms with E-state index in [2.05, 4.69) is 16.8 Å². The predicted octanol–water partition coefficient (Wildman–Crippen LogP) is 2.95. The minimum absolute atomic E-state index is 0.0809. The van der Waals surface area contributed by atoms with Crippen LogP contribution in [0.3, 0.4) is 0 Å². The van der Waals surface area contributed by atoms with E-state index in [4.69, 9.17) is 4.74 Å². The summed E-state index contributed by atoms with van der Waals surface area (Å²) in [4.78, 5) is 20.8. The quantitative estimate of drug-likeness (QED) is 0.724. The summed E-state index contributed by atoms with van der Waals surface area (Å²) in [6, 6.07) is 9.89. The number of pyridine rings is 1. The number of hydrogen-bond donors (Lipinski definition) is 1. The van der Waals surface area contributed by atoms with E-state index >= 15 is 0 Å². The first-order valence-corrected chi connectivity index (χ1v) is 10.6. The zero-order chi connectivity index (χ0) is 21.6.